The van der Waals surface area contributed by atoms with Gasteiger partial charge >= 0.3 is 0 Å². The maximum atomic E-state index is 5.27. The number of hydrogen-bond acceptors (Lipinski definition) is 5. The maximum Gasteiger partial charge on any atom is 0.230 e. The Hall–Kier alpha value is -0.810. The van der Waals surface area contributed by atoms with Gasteiger partial charge in [-0.25, -0.2) is 0 Å². The van der Waals surface area contributed by atoms with Crippen LogP contribution in [0.25, 0.3) is 0 Å². The van der Waals surface area contributed by atoms with Gasteiger partial charge in [0.05, 0.1) is 12.0 Å². The summed E-state index contributed by atoms with van der Waals surface area (Å²) in [6.07, 6.45) is 0. The summed E-state index contributed by atoms with van der Waals surface area (Å²) in [6.45, 7) is 6.23. The zero-order chi connectivity index (χ0) is 12.1. The van der Waals surface area contributed by atoms with E-state index in [1.54, 1.807) is 18.4 Å². The van der Waals surface area contributed by atoms with Gasteiger partial charge in [-0.1, -0.05) is 25.2 Å². The monoisotopic (exact) mass is 243 g/mol. The molecule has 1 heterocycles. The van der Waals surface area contributed by atoms with Crippen LogP contribution in [0.1, 0.15) is 18.7 Å². The average molecular weight is 243 g/mol. The third-order valence-corrected chi connectivity index (χ3v) is 3.27. The minimum atomic E-state index is 0.659. The summed E-state index contributed by atoms with van der Waals surface area (Å²) in [7, 11) is 5.65. The first-order valence-corrected chi connectivity index (χ1v) is 6.28. The third-order valence-electron chi connectivity index (χ3n) is 2.06. The van der Waals surface area contributed by atoms with Crippen LogP contribution in [0.3, 0.4) is 0 Å². The van der Waals surface area contributed by atoms with Crippen LogP contribution in [0.2, 0.25) is 0 Å². The lowest BCUT2D eigenvalue weighted by atomic mass is 10.2. The van der Waals surface area contributed by atoms with Gasteiger partial charge in [-0.3, -0.25) is 0 Å². The summed E-state index contributed by atoms with van der Waals surface area (Å²) in [4.78, 5) is 7.57. The van der Waals surface area contributed by atoms with Crippen molar-refractivity contribution in [3.05, 3.63) is 4.88 Å². The molecule has 1 N–H and O–H groups in total. The number of nitrogens with one attached hydrogen (secondary N) is 1. The molecule has 0 aliphatic heterocycles. The number of ether oxygens (including phenoxy) is 1. The lowest BCUT2D eigenvalue weighted by Gasteiger charge is -2.06. The molecule has 0 aliphatic rings. The van der Waals surface area contributed by atoms with Crippen molar-refractivity contribution >= 4 is 16.5 Å². The van der Waals surface area contributed by atoms with E-state index >= 15 is 0 Å². The predicted molar refractivity (Wildman–Crippen MR) is 69.5 cm³/mol. The summed E-state index contributed by atoms with van der Waals surface area (Å²) >= 11 is 1.67. The van der Waals surface area contributed by atoms with Gasteiger partial charge in [0.1, 0.15) is 0 Å². The summed E-state index contributed by atoms with van der Waals surface area (Å²) in [5.41, 5.74) is 0. The van der Waals surface area contributed by atoms with Crippen molar-refractivity contribution in [3.63, 3.8) is 0 Å². The Morgan fingerprint density at radius 2 is 2.12 bits per heavy atom. The van der Waals surface area contributed by atoms with Gasteiger partial charge in [0.15, 0.2) is 5.13 Å². The van der Waals surface area contributed by atoms with Crippen molar-refractivity contribution in [2.75, 3.05) is 32.6 Å². The second-order valence-corrected chi connectivity index (χ2v) is 5.41. The number of methoxy groups -OCH3 is 1. The van der Waals surface area contributed by atoms with Gasteiger partial charge in [0.25, 0.3) is 0 Å². The fourth-order valence-electron chi connectivity index (χ4n) is 1.26. The zero-order valence-electron chi connectivity index (χ0n) is 10.7. The average Bonchev–Trinajstić information content (AvgIpc) is 2.60. The molecule has 0 atom stereocenters. The Balaban J connectivity index is 2.63. The van der Waals surface area contributed by atoms with Crippen molar-refractivity contribution in [1.29, 1.82) is 0 Å². The molecule has 0 fully saturated rings. The largest absolute Gasteiger partial charge is 0.480 e. The highest BCUT2D eigenvalue weighted by atomic mass is 32.1. The van der Waals surface area contributed by atoms with Crippen LogP contribution in [0, 0.1) is 5.92 Å². The third kappa shape index (κ3) is 3.64. The summed E-state index contributed by atoms with van der Waals surface area (Å²) < 4.78 is 5.27. The zero-order valence-corrected chi connectivity index (χ0v) is 11.5. The van der Waals surface area contributed by atoms with E-state index in [0.29, 0.717) is 5.92 Å². The number of thiazole rings is 1. The van der Waals surface area contributed by atoms with Gasteiger partial charge in [-0.2, -0.15) is 4.98 Å². The molecule has 1 aromatic heterocycles. The topological polar surface area (TPSA) is 37.4 Å². The van der Waals surface area contributed by atoms with Gasteiger partial charge in [0.2, 0.25) is 5.88 Å². The standard InChI is InChI=1S/C11H21N3OS/c1-8(2)6-12-7-9-10(15-5)13-11(16-9)14(3)4/h8,12H,6-7H2,1-5H3. The lowest BCUT2D eigenvalue weighted by molar-refractivity contribution is 0.394. The highest BCUT2D eigenvalue weighted by molar-refractivity contribution is 7.15. The van der Waals surface area contributed by atoms with Crippen molar-refractivity contribution in [2.24, 2.45) is 5.92 Å². The van der Waals surface area contributed by atoms with E-state index in [1.807, 2.05) is 19.0 Å². The first kappa shape index (κ1) is 13.3. The molecule has 0 unspecified atom stereocenters. The summed E-state index contributed by atoms with van der Waals surface area (Å²) in [5, 5.41) is 4.38. The molecule has 0 saturated heterocycles. The summed E-state index contributed by atoms with van der Waals surface area (Å²) in [5.74, 6) is 1.40. The fraction of sp³-hybridized carbons (Fsp3) is 0.727. The smallest absolute Gasteiger partial charge is 0.230 e. The number of hydrogen-bond donors (Lipinski definition) is 1. The quantitative estimate of drug-likeness (QED) is 0.829. The van der Waals surface area contributed by atoms with Crippen LogP contribution in [0.5, 0.6) is 5.88 Å². The normalized spacial score (nSPS) is 10.9. The molecule has 0 aliphatic carbocycles. The van der Waals surface area contributed by atoms with Crippen LogP contribution in [-0.4, -0.2) is 32.7 Å². The van der Waals surface area contributed by atoms with Gasteiger partial charge in [-0.15, -0.1) is 0 Å². The van der Waals surface area contributed by atoms with Crippen LogP contribution < -0.4 is 15.0 Å². The van der Waals surface area contributed by atoms with E-state index in [2.05, 4.69) is 24.1 Å². The van der Waals surface area contributed by atoms with Crippen molar-refractivity contribution in [2.45, 2.75) is 20.4 Å². The molecule has 0 saturated carbocycles. The summed E-state index contributed by atoms with van der Waals surface area (Å²) in [6, 6.07) is 0. The Morgan fingerprint density at radius 1 is 1.44 bits per heavy atom. The molecule has 92 valence electrons. The van der Waals surface area contributed by atoms with Gasteiger partial charge < -0.3 is 15.0 Å². The SMILES string of the molecule is COc1nc(N(C)C)sc1CNCC(C)C. The second-order valence-electron chi connectivity index (χ2n) is 4.35. The van der Waals surface area contributed by atoms with Gasteiger partial charge in [-0.05, 0) is 12.5 Å². The van der Waals surface area contributed by atoms with Crippen molar-refractivity contribution in [3.8, 4) is 5.88 Å². The van der Waals surface area contributed by atoms with E-state index in [-0.39, 0.29) is 0 Å². The molecule has 0 spiro atoms. The number of nitrogens with zero attached hydrogens (tertiary/aromatic N) is 2. The van der Waals surface area contributed by atoms with E-state index in [1.165, 1.54) is 0 Å². The number of aromatic nitrogens is 1. The molecule has 0 amide bonds. The lowest BCUT2D eigenvalue weighted by Crippen LogP contribution is -2.18. The molecule has 1 rings (SSSR count). The molecule has 0 radical (unpaired) electrons. The van der Waals surface area contributed by atoms with Crippen LogP contribution in [0.4, 0.5) is 5.13 Å². The van der Waals surface area contributed by atoms with Crippen LogP contribution in [-0.2, 0) is 6.54 Å². The fourth-order valence-corrected chi connectivity index (χ4v) is 2.18. The predicted octanol–water partition coefficient (Wildman–Crippen LogP) is 1.96. The van der Waals surface area contributed by atoms with Crippen molar-refractivity contribution in [1.82, 2.24) is 10.3 Å². The molecular formula is C11H21N3OS. The number of rotatable bonds is 6. The first-order chi connectivity index (χ1) is 7.54. The first-order valence-electron chi connectivity index (χ1n) is 5.46. The van der Waals surface area contributed by atoms with E-state index < -0.39 is 0 Å². The molecule has 0 aromatic carbocycles. The highest BCUT2D eigenvalue weighted by Gasteiger charge is 2.12. The molecule has 5 heteroatoms. The second kappa shape index (κ2) is 6.06. The Morgan fingerprint density at radius 3 is 2.62 bits per heavy atom. The maximum absolute atomic E-state index is 5.27. The number of anilines is 1. The highest BCUT2D eigenvalue weighted by Crippen LogP contribution is 2.30. The van der Waals surface area contributed by atoms with E-state index in [9.17, 15) is 0 Å². The van der Waals surface area contributed by atoms with Gasteiger partial charge in [0, 0.05) is 20.6 Å². The molecular weight excluding hydrogens is 222 g/mol. The Kier molecular flexibility index (Phi) is 5.02. The molecule has 16 heavy (non-hydrogen) atoms. The van der Waals surface area contributed by atoms with E-state index in [0.717, 1.165) is 29.0 Å². The van der Waals surface area contributed by atoms with Crippen molar-refractivity contribution < 1.29 is 4.74 Å². The van der Waals surface area contributed by atoms with E-state index in [4.69, 9.17) is 4.74 Å². The molecule has 1 aromatic rings. The van der Waals surface area contributed by atoms with Crippen LogP contribution in [0.15, 0.2) is 0 Å². The minimum Gasteiger partial charge on any atom is -0.480 e. The molecule has 0 bridgehead atoms. The Labute approximate surface area is 102 Å². The van der Waals surface area contributed by atoms with Crippen LogP contribution >= 0.6 is 11.3 Å². The Bertz CT molecular complexity index is 323. The molecule has 4 nitrogen and oxygen atoms in total. The minimum absolute atomic E-state index is 0.659.